The summed E-state index contributed by atoms with van der Waals surface area (Å²) in [6, 6.07) is 3.50. The van der Waals surface area contributed by atoms with Crippen molar-refractivity contribution in [3.05, 3.63) is 24.2 Å². The van der Waals surface area contributed by atoms with Crippen LogP contribution in [0.1, 0.15) is 12.7 Å². The fourth-order valence-corrected chi connectivity index (χ4v) is 1.03. The van der Waals surface area contributed by atoms with Crippen molar-refractivity contribution in [2.75, 3.05) is 5.73 Å². The van der Waals surface area contributed by atoms with Gasteiger partial charge in [0.15, 0.2) is 5.82 Å². The van der Waals surface area contributed by atoms with Crippen molar-refractivity contribution in [3.63, 3.8) is 0 Å². The molecule has 14 heavy (non-hydrogen) atoms. The second-order valence-corrected chi connectivity index (χ2v) is 2.85. The van der Waals surface area contributed by atoms with Crippen LogP contribution in [0.5, 0.6) is 0 Å². The molecule has 0 unspecified atom stereocenters. The maximum absolute atomic E-state index is 5.51. The molecule has 0 fully saturated rings. The van der Waals surface area contributed by atoms with Crippen LogP contribution in [-0.2, 0) is 6.42 Å². The number of pyridine rings is 1. The molecule has 2 N–H and O–H groups in total. The number of rotatable bonds is 2. The maximum Gasteiger partial charge on any atom is 0.276 e. The highest BCUT2D eigenvalue weighted by Crippen LogP contribution is 2.15. The van der Waals surface area contributed by atoms with E-state index in [1.807, 2.05) is 6.92 Å². The minimum absolute atomic E-state index is 0.432. The van der Waals surface area contributed by atoms with Gasteiger partial charge in [-0.15, -0.1) is 0 Å². The maximum atomic E-state index is 5.51. The van der Waals surface area contributed by atoms with E-state index in [1.165, 1.54) is 0 Å². The molecule has 0 aliphatic heterocycles. The van der Waals surface area contributed by atoms with Crippen LogP contribution < -0.4 is 5.73 Å². The quantitative estimate of drug-likeness (QED) is 0.771. The summed E-state index contributed by atoms with van der Waals surface area (Å²) in [5.74, 6) is 1.11. The zero-order valence-electron chi connectivity index (χ0n) is 7.77. The van der Waals surface area contributed by atoms with Gasteiger partial charge in [0.05, 0.1) is 11.9 Å². The summed E-state index contributed by atoms with van der Waals surface area (Å²) >= 11 is 0. The van der Waals surface area contributed by atoms with Crippen molar-refractivity contribution >= 4 is 5.69 Å². The summed E-state index contributed by atoms with van der Waals surface area (Å²) in [6.45, 7) is 1.96. The highest BCUT2D eigenvalue weighted by molar-refractivity contribution is 5.50. The molecule has 5 heteroatoms. The molecule has 0 saturated heterocycles. The zero-order chi connectivity index (χ0) is 9.97. The third-order valence-electron chi connectivity index (χ3n) is 1.79. The molecule has 5 nitrogen and oxygen atoms in total. The van der Waals surface area contributed by atoms with E-state index in [0.717, 1.165) is 6.42 Å². The molecule has 0 amide bonds. The number of nitrogen functional groups attached to an aromatic ring is 1. The number of aromatic nitrogens is 3. The Hall–Kier alpha value is -1.91. The molecule has 2 aromatic rings. The van der Waals surface area contributed by atoms with Gasteiger partial charge in [-0.05, 0) is 12.1 Å². The van der Waals surface area contributed by atoms with Crippen molar-refractivity contribution in [1.29, 1.82) is 0 Å². The number of aryl methyl sites for hydroxylation is 1. The van der Waals surface area contributed by atoms with E-state index in [2.05, 4.69) is 15.1 Å². The SMILES string of the molecule is CCc1noc(-c2ccc(N)cn2)n1. The van der Waals surface area contributed by atoms with E-state index in [4.69, 9.17) is 10.3 Å². The second-order valence-electron chi connectivity index (χ2n) is 2.85. The first-order chi connectivity index (χ1) is 6.79. The number of hydrogen-bond donors (Lipinski definition) is 1. The van der Waals surface area contributed by atoms with Crippen molar-refractivity contribution in [1.82, 2.24) is 15.1 Å². The van der Waals surface area contributed by atoms with Gasteiger partial charge in [0.2, 0.25) is 0 Å². The summed E-state index contributed by atoms with van der Waals surface area (Å²) in [4.78, 5) is 8.22. The molecule has 2 heterocycles. The van der Waals surface area contributed by atoms with Crippen LogP contribution in [0.25, 0.3) is 11.6 Å². The topological polar surface area (TPSA) is 77.8 Å². The monoisotopic (exact) mass is 190 g/mol. The Balaban J connectivity index is 2.34. The third-order valence-corrected chi connectivity index (χ3v) is 1.79. The predicted octanol–water partition coefficient (Wildman–Crippen LogP) is 1.28. The van der Waals surface area contributed by atoms with E-state index >= 15 is 0 Å². The lowest BCUT2D eigenvalue weighted by Crippen LogP contribution is -1.88. The summed E-state index contributed by atoms with van der Waals surface area (Å²) in [6.07, 6.45) is 2.31. The lowest BCUT2D eigenvalue weighted by atomic mass is 10.3. The van der Waals surface area contributed by atoms with E-state index < -0.39 is 0 Å². The van der Waals surface area contributed by atoms with Crippen LogP contribution in [0.15, 0.2) is 22.9 Å². The minimum atomic E-state index is 0.432. The molecule has 0 saturated carbocycles. The van der Waals surface area contributed by atoms with Gasteiger partial charge < -0.3 is 10.3 Å². The van der Waals surface area contributed by atoms with Gasteiger partial charge in [-0.2, -0.15) is 4.98 Å². The van der Waals surface area contributed by atoms with Crippen LogP contribution in [0, 0.1) is 0 Å². The number of anilines is 1. The first-order valence-electron chi connectivity index (χ1n) is 4.34. The van der Waals surface area contributed by atoms with E-state index in [1.54, 1.807) is 18.3 Å². The first kappa shape index (κ1) is 8.68. The Labute approximate surface area is 81.0 Å². The molecule has 0 aliphatic rings. The highest BCUT2D eigenvalue weighted by atomic mass is 16.5. The predicted molar refractivity (Wildman–Crippen MR) is 51.3 cm³/mol. The Morgan fingerprint density at radius 1 is 1.43 bits per heavy atom. The largest absolute Gasteiger partial charge is 0.397 e. The smallest absolute Gasteiger partial charge is 0.276 e. The number of nitrogens with zero attached hydrogens (tertiary/aromatic N) is 3. The van der Waals surface area contributed by atoms with Crippen LogP contribution >= 0.6 is 0 Å². The normalized spacial score (nSPS) is 10.4. The number of nitrogens with two attached hydrogens (primary N) is 1. The highest BCUT2D eigenvalue weighted by Gasteiger charge is 2.07. The minimum Gasteiger partial charge on any atom is -0.397 e. The molecule has 0 radical (unpaired) electrons. The van der Waals surface area contributed by atoms with Gasteiger partial charge in [0.25, 0.3) is 5.89 Å². The summed E-state index contributed by atoms with van der Waals surface area (Å²) < 4.78 is 5.02. The third kappa shape index (κ3) is 1.56. The van der Waals surface area contributed by atoms with Crippen LogP contribution in [-0.4, -0.2) is 15.1 Å². The average Bonchev–Trinajstić information content (AvgIpc) is 2.67. The molecule has 2 rings (SSSR count). The first-order valence-corrected chi connectivity index (χ1v) is 4.34. The van der Waals surface area contributed by atoms with E-state index in [0.29, 0.717) is 23.1 Å². The van der Waals surface area contributed by atoms with Gasteiger partial charge in [0, 0.05) is 6.42 Å². The fraction of sp³-hybridized carbons (Fsp3) is 0.222. The molecule has 0 bridgehead atoms. The molecule has 2 aromatic heterocycles. The van der Waals surface area contributed by atoms with Gasteiger partial charge in [0.1, 0.15) is 5.69 Å². The lowest BCUT2D eigenvalue weighted by Gasteiger charge is -1.93. The molecule has 0 aromatic carbocycles. The van der Waals surface area contributed by atoms with Gasteiger partial charge >= 0.3 is 0 Å². The van der Waals surface area contributed by atoms with Crippen LogP contribution in [0.4, 0.5) is 5.69 Å². The Morgan fingerprint density at radius 2 is 2.29 bits per heavy atom. The Bertz CT molecular complexity index is 421. The fourth-order valence-electron chi connectivity index (χ4n) is 1.03. The molecule has 72 valence electrons. The Morgan fingerprint density at radius 3 is 2.86 bits per heavy atom. The second kappa shape index (κ2) is 3.45. The summed E-state index contributed by atoms with van der Waals surface area (Å²) in [5, 5.41) is 3.78. The molecular weight excluding hydrogens is 180 g/mol. The standard InChI is InChI=1S/C9H10N4O/c1-2-8-12-9(14-13-8)7-4-3-6(10)5-11-7/h3-5H,2,10H2,1H3. The molecular formula is C9H10N4O. The molecule has 0 spiro atoms. The van der Waals surface area contributed by atoms with Gasteiger partial charge in [-0.1, -0.05) is 12.1 Å². The van der Waals surface area contributed by atoms with Gasteiger partial charge in [-0.25, -0.2) is 4.98 Å². The van der Waals surface area contributed by atoms with Crippen molar-refractivity contribution < 1.29 is 4.52 Å². The van der Waals surface area contributed by atoms with Crippen LogP contribution in [0.2, 0.25) is 0 Å². The van der Waals surface area contributed by atoms with Gasteiger partial charge in [-0.3, -0.25) is 0 Å². The summed E-state index contributed by atoms with van der Waals surface area (Å²) in [5.41, 5.74) is 6.77. The van der Waals surface area contributed by atoms with E-state index in [9.17, 15) is 0 Å². The van der Waals surface area contributed by atoms with Crippen molar-refractivity contribution in [2.45, 2.75) is 13.3 Å². The summed E-state index contributed by atoms with van der Waals surface area (Å²) in [7, 11) is 0. The molecule has 0 aliphatic carbocycles. The lowest BCUT2D eigenvalue weighted by molar-refractivity contribution is 0.422. The zero-order valence-corrected chi connectivity index (χ0v) is 7.77. The van der Waals surface area contributed by atoms with Crippen LogP contribution in [0.3, 0.4) is 0 Å². The van der Waals surface area contributed by atoms with Crippen molar-refractivity contribution in [2.24, 2.45) is 0 Å². The molecule has 0 atom stereocenters. The van der Waals surface area contributed by atoms with Crippen molar-refractivity contribution in [3.8, 4) is 11.6 Å². The average molecular weight is 190 g/mol. The van der Waals surface area contributed by atoms with E-state index in [-0.39, 0.29) is 0 Å². The Kier molecular flexibility index (Phi) is 2.14. The number of hydrogen-bond acceptors (Lipinski definition) is 5.